The second kappa shape index (κ2) is 7.90. The smallest absolute Gasteiger partial charge is 0.173 e. The minimum absolute atomic E-state index is 0.0171. The number of nitrogens with two attached hydrogens (primary N) is 2. The lowest BCUT2D eigenvalue weighted by molar-refractivity contribution is -0.00608. The van der Waals surface area contributed by atoms with Crippen molar-refractivity contribution in [3.63, 3.8) is 0 Å². The van der Waals surface area contributed by atoms with E-state index in [9.17, 15) is 8.78 Å². The van der Waals surface area contributed by atoms with Crippen molar-refractivity contribution in [3.8, 4) is 23.0 Å². The average Bonchev–Trinajstić information content (AvgIpc) is 2.79. The van der Waals surface area contributed by atoms with Crippen molar-refractivity contribution in [2.45, 2.75) is 43.9 Å². The SMILES string of the molecule is Nc1cc(Oc2cccc(C34CC5CC(CC(C5)C3)C4)c2Oc2ccc(F)c(N)c2)ccc1F. The van der Waals surface area contributed by atoms with Crippen molar-refractivity contribution in [2.24, 2.45) is 17.8 Å². The van der Waals surface area contributed by atoms with Gasteiger partial charge in [-0.25, -0.2) is 8.78 Å². The molecule has 0 heterocycles. The van der Waals surface area contributed by atoms with Gasteiger partial charge in [-0.2, -0.15) is 0 Å². The highest BCUT2D eigenvalue weighted by Gasteiger charge is 2.52. The summed E-state index contributed by atoms with van der Waals surface area (Å²) in [6, 6.07) is 14.6. The third kappa shape index (κ3) is 3.65. The number of hydrogen-bond donors (Lipinski definition) is 2. The predicted octanol–water partition coefficient (Wildman–Crippen LogP) is 7.18. The first kappa shape index (κ1) is 21.3. The molecule has 34 heavy (non-hydrogen) atoms. The van der Waals surface area contributed by atoms with Crippen molar-refractivity contribution >= 4 is 11.4 Å². The van der Waals surface area contributed by atoms with Gasteiger partial charge in [0.1, 0.15) is 23.1 Å². The lowest BCUT2D eigenvalue weighted by Gasteiger charge is -2.57. The molecular formula is C28H28F2N2O2. The molecule has 0 aliphatic heterocycles. The fraction of sp³-hybridized carbons (Fsp3) is 0.357. The summed E-state index contributed by atoms with van der Waals surface area (Å²) in [4.78, 5) is 0. The van der Waals surface area contributed by atoms with Crippen LogP contribution in [0.15, 0.2) is 54.6 Å². The highest BCUT2D eigenvalue weighted by molar-refractivity contribution is 5.56. The molecule has 4 bridgehead atoms. The van der Waals surface area contributed by atoms with E-state index in [4.69, 9.17) is 20.9 Å². The Hall–Kier alpha value is -3.28. The van der Waals surface area contributed by atoms with E-state index in [0.29, 0.717) is 23.0 Å². The molecule has 4 aliphatic carbocycles. The Labute approximate surface area is 197 Å². The van der Waals surface area contributed by atoms with E-state index in [1.165, 1.54) is 43.5 Å². The van der Waals surface area contributed by atoms with Crippen LogP contribution in [-0.2, 0) is 5.41 Å². The Morgan fingerprint density at radius 1 is 0.706 bits per heavy atom. The van der Waals surface area contributed by atoms with E-state index in [2.05, 4.69) is 6.07 Å². The third-order valence-electron chi connectivity index (χ3n) is 7.97. The first-order valence-corrected chi connectivity index (χ1v) is 12.0. The Kier molecular flexibility index (Phi) is 4.94. The molecule has 6 heteroatoms. The molecule has 4 fully saturated rings. The molecule has 7 rings (SSSR count). The fourth-order valence-corrected chi connectivity index (χ4v) is 6.98. The first-order chi connectivity index (χ1) is 16.4. The van der Waals surface area contributed by atoms with Crippen LogP contribution in [0.4, 0.5) is 20.2 Å². The van der Waals surface area contributed by atoms with Gasteiger partial charge in [0, 0.05) is 17.7 Å². The highest BCUT2D eigenvalue weighted by atomic mass is 19.1. The van der Waals surface area contributed by atoms with Crippen LogP contribution in [-0.4, -0.2) is 0 Å². The monoisotopic (exact) mass is 462 g/mol. The van der Waals surface area contributed by atoms with E-state index in [-0.39, 0.29) is 16.8 Å². The molecule has 4 saturated carbocycles. The number of hydrogen-bond acceptors (Lipinski definition) is 4. The maximum Gasteiger partial charge on any atom is 0.173 e. The van der Waals surface area contributed by atoms with Crippen molar-refractivity contribution in [2.75, 3.05) is 11.5 Å². The number of rotatable bonds is 5. The average molecular weight is 463 g/mol. The molecule has 0 spiro atoms. The van der Waals surface area contributed by atoms with Crippen LogP contribution in [0, 0.1) is 29.4 Å². The van der Waals surface area contributed by atoms with Crippen LogP contribution >= 0.6 is 0 Å². The summed E-state index contributed by atoms with van der Waals surface area (Å²) in [6.45, 7) is 0. The molecule has 0 atom stereocenters. The van der Waals surface area contributed by atoms with Gasteiger partial charge < -0.3 is 20.9 Å². The van der Waals surface area contributed by atoms with E-state index < -0.39 is 11.6 Å². The molecule has 0 aromatic heterocycles. The van der Waals surface area contributed by atoms with Gasteiger partial charge in [0.2, 0.25) is 0 Å². The van der Waals surface area contributed by atoms with Gasteiger partial charge in [-0.3, -0.25) is 0 Å². The van der Waals surface area contributed by atoms with Crippen molar-refractivity contribution in [1.29, 1.82) is 0 Å². The summed E-state index contributed by atoms with van der Waals surface area (Å²) in [7, 11) is 0. The lowest BCUT2D eigenvalue weighted by atomic mass is 9.48. The van der Waals surface area contributed by atoms with Crippen LogP contribution in [0.3, 0.4) is 0 Å². The Morgan fingerprint density at radius 3 is 1.76 bits per heavy atom. The summed E-state index contributed by atoms with van der Waals surface area (Å²) in [5.74, 6) is 3.27. The molecular weight excluding hydrogens is 434 g/mol. The summed E-state index contributed by atoms with van der Waals surface area (Å²) in [5.41, 5.74) is 12.8. The molecule has 176 valence electrons. The van der Waals surface area contributed by atoms with E-state index >= 15 is 0 Å². The topological polar surface area (TPSA) is 70.5 Å². The molecule has 0 radical (unpaired) electrons. The van der Waals surface area contributed by atoms with Crippen LogP contribution in [0.5, 0.6) is 23.0 Å². The van der Waals surface area contributed by atoms with Gasteiger partial charge in [-0.1, -0.05) is 12.1 Å². The molecule has 4 nitrogen and oxygen atoms in total. The van der Waals surface area contributed by atoms with E-state index in [1.807, 2.05) is 12.1 Å². The van der Waals surface area contributed by atoms with Crippen LogP contribution in [0.25, 0.3) is 0 Å². The number of anilines is 2. The highest BCUT2D eigenvalue weighted by Crippen LogP contribution is 2.62. The lowest BCUT2D eigenvalue weighted by Crippen LogP contribution is -2.48. The van der Waals surface area contributed by atoms with Gasteiger partial charge in [-0.05, 0) is 92.0 Å². The Bertz CT molecular complexity index is 1220. The summed E-state index contributed by atoms with van der Waals surface area (Å²) >= 11 is 0. The standard InChI is InChI=1S/C28H28F2N2O2/c29-22-6-4-19(11-24(22)31)33-26-3-1-2-21(27(26)34-20-5-7-23(30)25(32)12-20)28-13-16-8-17(14-28)10-18(9-16)15-28/h1-7,11-12,16-18H,8-10,13-15,31-32H2. The normalized spacial score (nSPS) is 27.1. The number of ether oxygens (including phenoxy) is 2. The number of para-hydroxylation sites is 1. The summed E-state index contributed by atoms with van der Waals surface area (Å²) in [5, 5.41) is 0. The minimum atomic E-state index is -0.493. The maximum atomic E-state index is 13.8. The molecule has 0 saturated heterocycles. The zero-order valence-corrected chi connectivity index (χ0v) is 18.9. The summed E-state index contributed by atoms with van der Waals surface area (Å²) in [6.07, 6.45) is 7.43. The molecule has 0 unspecified atom stereocenters. The summed E-state index contributed by atoms with van der Waals surface area (Å²) < 4.78 is 40.1. The second-order valence-electron chi connectivity index (χ2n) is 10.4. The van der Waals surface area contributed by atoms with Crippen LogP contribution in [0.1, 0.15) is 44.1 Å². The minimum Gasteiger partial charge on any atom is -0.453 e. The predicted molar refractivity (Wildman–Crippen MR) is 128 cm³/mol. The number of halogens is 2. The molecule has 4 N–H and O–H groups in total. The van der Waals surface area contributed by atoms with Gasteiger partial charge >= 0.3 is 0 Å². The fourth-order valence-electron chi connectivity index (χ4n) is 6.98. The first-order valence-electron chi connectivity index (χ1n) is 12.0. The van der Waals surface area contributed by atoms with Crippen molar-refractivity contribution in [1.82, 2.24) is 0 Å². The maximum absolute atomic E-state index is 13.8. The van der Waals surface area contributed by atoms with Gasteiger partial charge in [-0.15, -0.1) is 0 Å². The van der Waals surface area contributed by atoms with Crippen molar-refractivity contribution < 1.29 is 18.3 Å². The van der Waals surface area contributed by atoms with E-state index in [1.54, 1.807) is 12.1 Å². The van der Waals surface area contributed by atoms with E-state index in [0.717, 1.165) is 42.6 Å². The zero-order chi connectivity index (χ0) is 23.4. The van der Waals surface area contributed by atoms with Crippen molar-refractivity contribution in [3.05, 3.63) is 71.8 Å². The third-order valence-corrected chi connectivity index (χ3v) is 7.97. The largest absolute Gasteiger partial charge is 0.453 e. The van der Waals surface area contributed by atoms with Crippen LogP contribution in [0.2, 0.25) is 0 Å². The quantitative estimate of drug-likeness (QED) is 0.394. The molecule has 4 aliphatic rings. The molecule has 0 amide bonds. The molecule has 3 aromatic carbocycles. The number of nitrogen functional groups attached to an aromatic ring is 2. The molecule has 3 aromatic rings. The Balaban J connectivity index is 1.45. The second-order valence-corrected chi connectivity index (χ2v) is 10.4. The van der Waals surface area contributed by atoms with Gasteiger partial charge in [0.15, 0.2) is 11.5 Å². The van der Waals surface area contributed by atoms with Crippen LogP contribution < -0.4 is 20.9 Å². The Morgan fingerprint density at radius 2 is 1.24 bits per heavy atom. The zero-order valence-electron chi connectivity index (χ0n) is 18.9. The van der Waals surface area contributed by atoms with Gasteiger partial charge in [0.25, 0.3) is 0 Å². The van der Waals surface area contributed by atoms with Gasteiger partial charge in [0.05, 0.1) is 11.4 Å². The number of benzene rings is 3.